The summed E-state index contributed by atoms with van der Waals surface area (Å²) < 4.78 is 40.6. The number of benzene rings is 1. The van der Waals surface area contributed by atoms with Crippen molar-refractivity contribution in [3.63, 3.8) is 0 Å². The second-order valence-electron chi connectivity index (χ2n) is 5.38. The topological polar surface area (TPSA) is 78.4 Å². The highest BCUT2D eigenvalue weighted by atomic mass is 35.5. The van der Waals surface area contributed by atoms with Crippen molar-refractivity contribution in [2.45, 2.75) is 4.90 Å². The van der Waals surface area contributed by atoms with E-state index in [1.54, 1.807) is 38.0 Å². The number of aromatic nitrogens is 2. The van der Waals surface area contributed by atoms with Gasteiger partial charge in [0.25, 0.3) is 10.0 Å². The normalized spacial score (nSPS) is 11.2. The molecule has 24 heavy (non-hydrogen) atoms. The van der Waals surface area contributed by atoms with E-state index in [1.165, 1.54) is 6.20 Å². The van der Waals surface area contributed by atoms with Crippen molar-refractivity contribution in [2.24, 2.45) is 0 Å². The molecule has 0 saturated heterocycles. The summed E-state index contributed by atoms with van der Waals surface area (Å²) in [5.74, 6) is 0.139. The first kappa shape index (κ1) is 18.2. The molecule has 7 nitrogen and oxygen atoms in total. The maximum absolute atomic E-state index is 13.2. The second-order valence-corrected chi connectivity index (χ2v) is 7.47. The van der Waals surface area contributed by atoms with Crippen LogP contribution in [0, 0.1) is 5.82 Å². The molecular weight excluding hydrogens is 357 g/mol. The lowest BCUT2D eigenvalue weighted by Crippen LogP contribution is -2.21. The summed E-state index contributed by atoms with van der Waals surface area (Å²) in [5, 5.41) is -0.273. The molecule has 0 fully saturated rings. The van der Waals surface area contributed by atoms with E-state index in [2.05, 4.69) is 14.7 Å². The molecule has 2 rings (SSSR count). The monoisotopic (exact) mass is 373 g/mol. The van der Waals surface area contributed by atoms with Crippen molar-refractivity contribution in [1.29, 1.82) is 0 Å². The Morgan fingerprint density at radius 1 is 1.17 bits per heavy atom. The van der Waals surface area contributed by atoms with Gasteiger partial charge in [-0.15, -0.1) is 0 Å². The maximum Gasteiger partial charge on any atom is 0.262 e. The number of sulfonamides is 1. The predicted octanol–water partition coefficient (Wildman–Crippen LogP) is 2.20. The van der Waals surface area contributed by atoms with Gasteiger partial charge in [0.2, 0.25) is 5.95 Å². The van der Waals surface area contributed by atoms with Crippen molar-refractivity contribution in [2.75, 3.05) is 42.7 Å². The van der Waals surface area contributed by atoms with Gasteiger partial charge in [0.15, 0.2) is 5.82 Å². The molecule has 0 saturated carbocycles. The Labute approximate surface area is 145 Å². The molecule has 0 radical (unpaired) electrons. The summed E-state index contributed by atoms with van der Waals surface area (Å²) >= 11 is 5.65. The van der Waals surface area contributed by atoms with Gasteiger partial charge in [-0.2, -0.15) is 4.98 Å². The number of hydrogen-bond acceptors (Lipinski definition) is 6. The Kier molecular flexibility index (Phi) is 5.14. The van der Waals surface area contributed by atoms with Gasteiger partial charge >= 0.3 is 0 Å². The number of nitrogens with zero attached hydrogens (tertiary/aromatic N) is 4. The number of rotatable bonds is 5. The first-order valence-corrected chi connectivity index (χ1v) is 8.67. The van der Waals surface area contributed by atoms with E-state index < -0.39 is 15.8 Å². The van der Waals surface area contributed by atoms with Crippen LogP contribution in [0.15, 0.2) is 29.3 Å². The fraction of sp³-hybridized carbons (Fsp3) is 0.286. The number of anilines is 3. The van der Waals surface area contributed by atoms with Gasteiger partial charge in [-0.05, 0) is 18.2 Å². The van der Waals surface area contributed by atoms with Gasteiger partial charge in [0.1, 0.15) is 11.5 Å². The Hall–Kier alpha value is -2.13. The fourth-order valence-electron chi connectivity index (χ4n) is 1.84. The number of hydrogen-bond donors (Lipinski definition) is 1. The third-order valence-electron chi connectivity index (χ3n) is 3.03. The molecule has 1 aromatic heterocycles. The van der Waals surface area contributed by atoms with Crippen LogP contribution >= 0.6 is 11.6 Å². The standard InChI is InChI=1S/C14H17ClFN5O2S/c1-20(2)13-12(8-17-14(18-13)21(3)4)19-24(22,23)9-5-6-11(16)10(15)7-9/h5-8,19H,1-4H3. The summed E-state index contributed by atoms with van der Waals surface area (Å²) in [6.07, 6.45) is 1.38. The first-order valence-electron chi connectivity index (χ1n) is 6.81. The van der Waals surface area contributed by atoms with Gasteiger partial charge in [0.05, 0.1) is 16.1 Å². The van der Waals surface area contributed by atoms with Crippen molar-refractivity contribution in [3.05, 3.63) is 35.2 Å². The van der Waals surface area contributed by atoms with E-state index in [1.807, 2.05) is 0 Å². The lowest BCUT2D eigenvalue weighted by molar-refractivity contribution is 0.599. The summed E-state index contributed by atoms with van der Waals surface area (Å²) in [4.78, 5) is 11.6. The van der Waals surface area contributed by atoms with Crippen LogP contribution in [0.1, 0.15) is 0 Å². The molecule has 0 atom stereocenters. The molecule has 1 N–H and O–H groups in total. The molecule has 0 aliphatic carbocycles. The molecule has 0 unspecified atom stereocenters. The average molecular weight is 374 g/mol. The van der Waals surface area contributed by atoms with Gasteiger partial charge in [0, 0.05) is 28.2 Å². The highest BCUT2D eigenvalue weighted by Crippen LogP contribution is 2.27. The van der Waals surface area contributed by atoms with Crippen LogP contribution in [0.4, 0.5) is 21.8 Å². The van der Waals surface area contributed by atoms with Crippen LogP contribution in [-0.4, -0.2) is 46.6 Å². The van der Waals surface area contributed by atoms with Crippen molar-refractivity contribution in [3.8, 4) is 0 Å². The quantitative estimate of drug-likeness (QED) is 0.865. The van der Waals surface area contributed by atoms with Crippen LogP contribution in [0.2, 0.25) is 5.02 Å². The number of halogens is 2. The van der Waals surface area contributed by atoms with Gasteiger partial charge in [-0.1, -0.05) is 11.6 Å². The second kappa shape index (κ2) is 6.78. The Balaban J connectivity index is 2.43. The maximum atomic E-state index is 13.2. The molecule has 0 aliphatic rings. The molecule has 1 heterocycles. The minimum absolute atomic E-state index is 0.157. The highest BCUT2D eigenvalue weighted by Gasteiger charge is 2.20. The third kappa shape index (κ3) is 3.85. The Morgan fingerprint density at radius 2 is 1.83 bits per heavy atom. The number of nitrogens with one attached hydrogen (secondary N) is 1. The SMILES string of the molecule is CN(C)c1ncc(NS(=O)(=O)c2ccc(F)c(Cl)c2)c(N(C)C)n1. The van der Waals surface area contributed by atoms with E-state index in [-0.39, 0.29) is 15.6 Å². The minimum atomic E-state index is -3.96. The van der Waals surface area contributed by atoms with E-state index in [4.69, 9.17) is 11.6 Å². The van der Waals surface area contributed by atoms with Crippen molar-refractivity contribution in [1.82, 2.24) is 9.97 Å². The van der Waals surface area contributed by atoms with E-state index in [9.17, 15) is 12.8 Å². The average Bonchev–Trinajstić information content (AvgIpc) is 2.49. The molecule has 0 amide bonds. The van der Waals surface area contributed by atoms with Gasteiger partial charge in [-0.25, -0.2) is 17.8 Å². The summed E-state index contributed by atoms with van der Waals surface area (Å²) in [6, 6.07) is 3.17. The van der Waals surface area contributed by atoms with Crippen molar-refractivity contribution >= 4 is 39.1 Å². The molecule has 0 bridgehead atoms. The smallest absolute Gasteiger partial charge is 0.262 e. The van der Waals surface area contributed by atoms with Crippen LogP contribution in [0.25, 0.3) is 0 Å². The first-order chi connectivity index (χ1) is 11.1. The fourth-order valence-corrected chi connectivity index (χ4v) is 3.16. The zero-order valence-electron chi connectivity index (χ0n) is 13.6. The lowest BCUT2D eigenvalue weighted by Gasteiger charge is -2.19. The zero-order valence-corrected chi connectivity index (χ0v) is 15.2. The Bertz CT molecular complexity index is 858. The lowest BCUT2D eigenvalue weighted by atomic mass is 10.3. The molecule has 1 aromatic carbocycles. The molecule has 130 valence electrons. The largest absolute Gasteiger partial charge is 0.361 e. The van der Waals surface area contributed by atoms with Gasteiger partial charge < -0.3 is 9.80 Å². The summed E-state index contributed by atoms with van der Waals surface area (Å²) in [7, 11) is 3.05. The third-order valence-corrected chi connectivity index (χ3v) is 4.68. The van der Waals surface area contributed by atoms with E-state index in [0.29, 0.717) is 11.8 Å². The molecular formula is C14H17ClFN5O2S. The zero-order chi connectivity index (χ0) is 18.1. The summed E-state index contributed by atoms with van der Waals surface area (Å²) in [6.45, 7) is 0. The minimum Gasteiger partial charge on any atom is -0.361 e. The highest BCUT2D eigenvalue weighted by molar-refractivity contribution is 7.92. The molecule has 10 heteroatoms. The van der Waals surface area contributed by atoms with Gasteiger partial charge in [-0.3, -0.25) is 4.72 Å². The van der Waals surface area contributed by atoms with Crippen LogP contribution in [-0.2, 0) is 10.0 Å². The van der Waals surface area contributed by atoms with Crippen LogP contribution in [0.5, 0.6) is 0 Å². The molecule has 0 aliphatic heterocycles. The van der Waals surface area contributed by atoms with Crippen molar-refractivity contribution < 1.29 is 12.8 Å². The molecule has 2 aromatic rings. The van der Waals surface area contributed by atoms with Crippen LogP contribution in [0.3, 0.4) is 0 Å². The predicted molar refractivity (Wildman–Crippen MR) is 92.9 cm³/mol. The molecule has 0 spiro atoms. The van der Waals surface area contributed by atoms with Crippen LogP contribution < -0.4 is 14.5 Å². The Morgan fingerprint density at radius 3 is 2.38 bits per heavy atom. The summed E-state index contributed by atoms with van der Waals surface area (Å²) in [5.41, 5.74) is 0.200. The van der Waals surface area contributed by atoms with E-state index >= 15 is 0 Å². The van der Waals surface area contributed by atoms with E-state index in [0.717, 1.165) is 18.2 Å².